The number of fused-ring (bicyclic) bond motifs is 4. The number of nitrogens with zero attached hydrogens (tertiary/aromatic N) is 3. The molecule has 5 rings (SSSR count). The number of rotatable bonds is 2. The summed E-state index contributed by atoms with van der Waals surface area (Å²) >= 11 is 1.49. The summed E-state index contributed by atoms with van der Waals surface area (Å²) in [5, 5.41) is 7.55. The second kappa shape index (κ2) is 9.41. The number of carbonyl (C=O) groups is 3. The van der Waals surface area contributed by atoms with E-state index in [2.05, 4.69) is 15.6 Å². The number of hydrogen-bond acceptors (Lipinski definition) is 6. The number of aromatic nitrogens is 2. The molecule has 178 valence electrons. The number of benzene rings is 1. The van der Waals surface area contributed by atoms with Crippen molar-refractivity contribution in [3.63, 3.8) is 0 Å². The zero-order chi connectivity index (χ0) is 23.7. The first kappa shape index (κ1) is 22.3. The maximum Gasteiger partial charge on any atom is 0.255 e. The number of carbonyl (C=O) groups excluding carboxylic acids is 3. The molecule has 9 nitrogen and oxygen atoms in total. The fourth-order valence-electron chi connectivity index (χ4n) is 4.63. The maximum absolute atomic E-state index is 13.8. The van der Waals surface area contributed by atoms with Gasteiger partial charge in [-0.3, -0.25) is 18.8 Å². The quantitative estimate of drug-likeness (QED) is 0.576. The Morgan fingerprint density at radius 3 is 2.94 bits per heavy atom. The Bertz CT molecular complexity index is 1210. The van der Waals surface area contributed by atoms with Crippen molar-refractivity contribution < 1.29 is 23.5 Å². The van der Waals surface area contributed by atoms with Crippen molar-refractivity contribution in [3.8, 4) is 5.75 Å². The normalized spacial score (nSPS) is 21.4. The van der Waals surface area contributed by atoms with Gasteiger partial charge in [0, 0.05) is 42.8 Å². The number of ether oxygens (including phenoxy) is 1. The number of amides is 3. The monoisotopic (exact) mass is 485 g/mol. The summed E-state index contributed by atoms with van der Waals surface area (Å²) in [6.07, 6.45) is 5.30. The smallest absolute Gasteiger partial charge is 0.255 e. The predicted octanol–water partition coefficient (Wildman–Crippen LogP) is 1.77. The Hall–Kier alpha value is -3.47. The molecule has 3 aromatic rings. The molecule has 0 saturated carbocycles. The molecule has 1 saturated heterocycles. The third-order valence-corrected chi connectivity index (χ3v) is 6.94. The summed E-state index contributed by atoms with van der Waals surface area (Å²) in [6.45, 7) is 0.550. The molecule has 2 N–H and O–H groups in total. The molecule has 2 atom stereocenters. The average Bonchev–Trinajstić information content (AvgIpc) is 3.50. The average molecular weight is 486 g/mol. The second-order valence-corrected chi connectivity index (χ2v) is 9.31. The highest BCUT2D eigenvalue weighted by Gasteiger charge is 2.38. The van der Waals surface area contributed by atoms with Crippen LogP contribution >= 0.6 is 11.3 Å². The van der Waals surface area contributed by atoms with Crippen molar-refractivity contribution in [1.82, 2.24) is 24.9 Å². The van der Waals surface area contributed by atoms with Gasteiger partial charge in [0.15, 0.2) is 4.96 Å². The van der Waals surface area contributed by atoms with E-state index in [0.717, 1.165) is 11.0 Å². The zero-order valence-corrected chi connectivity index (χ0v) is 19.1. The highest BCUT2D eigenvalue weighted by molar-refractivity contribution is 7.15. The topological polar surface area (TPSA) is 105 Å². The Morgan fingerprint density at radius 2 is 2.09 bits per heavy atom. The van der Waals surface area contributed by atoms with Crippen molar-refractivity contribution in [2.75, 3.05) is 19.7 Å². The molecule has 2 aliphatic heterocycles. The van der Waals surface area contributed by atoms with Crippen LogP contribution in [0.25, 0.3) is 4.96 Å². The van der Waals surface area contributed by atoms with Crippen LogP contribution in [0.4, 0.5) is 4.39 Å². The highest BCUT2D eigenvalue weighted by Crippen LogP contribution is 2.28. The summed E-state index contributed by atoms with van der Waals surface area (Å²) in [6, 6.07) is 3.19. The molecule has 0 radical (unpaired) electrons. The Morgan fingerprint density at radius 1 is 1.24 bits per heavy atom. The largest absolute Gasteiger partial charge is 0.491 e. The summed E-state index contributed by atoms with van der Waals surface area (Å²) in [5.41, 5.74) is 0.736. The molecule has 0 aliphatic carbocycles. The standard InChI is InChI=1S/C23H24FN5O4S/c24-14-1-4-19-18(9-14)22(32)26-12-17-3-2-16(11-20(30)25-5-7-33-19)29(17)21(31)10-15-13-28-6-8-34-23(28)27-15/h1,4,6,8-9,13,16-17H,2-3,5,7,10-12H2,(H,25,30)(H,26,32)/t16-,17+/m0/s1. The van der Waals surface area contributed by atoms with E-state index >= 15 is 0 Å². The van der Waals surface area contributed by atoms with Crippen molar-refractivity contribution >= 4 is 34.0 Å². The summed E-state index contributed by atoms with van der Waals surface area (Å²) < 4.78 is 21.3. The van der Waals surface area contributed by atoms with E-state index in [1.807, 2.05) is 22.2 Å². The van der Waals surface area contributed by atoms with E-state index in [1.165, 1.54) is 23.5 Å². The summed E-state index contributed by atoms with van der Waals surface area (Å²) in [5.74, 6) is -1.09. The molecule has 3 amide bonds. The molecule has 1 fully saturated rings. The first-order chi connectivity index (χ1) is 16.5. The molecule has 4 heterocycles. The van der Waals surface area contributed by atoms with Crippen molar-refractivity contribution in [2.45, 2.75) is 37.8 Å². The molecular weight excluding hydrogens is 461 g/mol. The lowest BCUT2D eigenvalue weighted by Crippen LogP contribution is -2.48. The number of halogens is 1. The van der Waals surface area contributed by atoms with Crippen LogP contribution in [0.2, 0.25) is 0 Å². The van der Waals surface area contributed by atoms with Gasteiger partial charge in [-0.2, -0.15) is 0 Å². The lowest BCUT2D eigenvalue weighted by Gasteiger charge is -2.30. The summed E-state index contributed by atoms with van der Waals surface area (Å²) in [4.78, 5) is 45.8. The van der Waals surface area contributed by atoms with E-state index in [9.17, 15) is 18.8 Å². The van der Waals surface area contributed by atoms with Gasteiger partial charge in [0.25, 0.3) is 5.91 Å². The van der Waals surface area contributed by atoms with Gasteiger partial charge in [0.1, 0.15) is 18.2 Å². The van der Waals surface area contributed by atoms with E-state index in [4.69, 9.17) is 4.74 Å². The second-order valence-electron chi connectivity index (χ2n) is 8.44. The molecule has 2 aromatic heterocycles. The van der Waals surface area contributed by atoms with Crippen LogP contribution in [-0.2, 0) is 16.0 Å². The molecule has 2 bridgehead atoms. The summed E-state index contributed by atoms with van der Waals surface area (Å²) in [7, 11) is 0. The predicted molar refractivity (Wildman–Crippen MR) is 122 cm³/mol. The van der Waals surface area contributed by atoms with Gasteiger partial charge < -0.3 is 20.3 Å². The molecule has 0 spiro atoms. The van der Waals surface area contributed by atoms with E-state index < -0.39 is 11.7 Å². The zero-order valence-electron chi connectivity index (χ0n) is 18.3. The fourth-order valence-corrected chi connectivity index (χ4v) is 5.34. The SMILES string of the molecule is O=C1C[C@@H]2CC[C@H](CNC(=O)c3cc(F)ccc3OCCN1)N2C(=O)Cc1cn2ccsc2n1. The molecule has 1 aromatic carbocycles. The van der Waals surface area contributed by atoms with Gasteiger partial charge in [0.05, 0.1) is 24.2 Å². The van der Waals surface area contributed by atoms with Crippen molar-refractivity contribution in [3.05, 3.63) is 53.0 Å². The van der Waals surface area contributed by atoms with Crippen molar-refractivity contribution in [1.29, 1.82) is 0 Å². The third-order valence-electron chi connectivity index (χ3n) is 6.17. The van der Waals surface area contributed by atoms with Gasteiger partial charge in [0.2, 0.25) is 11.8 Å². The van der Waals surface area contributed by atoms with Gasteiger partial charge >= 0.3 is 0 Å². The van der Waals surface area contributed by atoms with E-state index in [-0.39, 0.29) is 67.7 Å². The lowest BCUT2D eigenvalue weighted by molar-refractivity contribution is -0.134. The van der Waals surface area contributed by atoms with Gasteiger partial charge in [-0.15, -0.1) is 11.3 Å². The van der Waals surface area contributed by atoms with E-state index in [1.54, 1.807) is 4.90 Å². The Balaban J connectivity index is 1.38. The van der Waals surface area contributed by atoms with Crippen LogP contribution in [0.15, 0.2) is 36.0 Å². The minimum absolute atomic E-state index is 0.0777. The van der Waals surface area contributed by atoms with Crippen LogP contribution in [0.3, 0.4) is 0 Å². The maximum atomic E-state index is 13.8. The van der Waals surface area contributed by atoms with Crippen LogP contribution in [-0.4, -0.2) is 63.8 Å². The van der Waals surface area contributed by atoms with Gasteiger partial charge in [-0.05, 0) is 31.0 Å². The molecule has 0 unspecified atom stereocenters. The van der Waals surface area contributed by atoms with Gasteiger partial charge in [-0.25, -0.2) is 9.37 Å². The number of nitrogens with one attached hydrogen (secondary N) is 2. The lowest BCUT2D eigenvalue weighted by atomic mass is 10.1. The number of imidazole rings is 1. The van der Waals surface area contributed by atoms with Crippen LogP contribution in [0, 0.1) is 5.82 Å². The first-order valence-electron chi connectivity index (χ1n) is 11.2. The van der Waals surface area contributed by atoms with Gasteiger partial charge in [-0.1, -0.05) is 0 Å². The van der Waals surface area contributed by atoms with Crippen molar-refractivity contribution in [2.24, 2.45) is 0 Å². The molecule has 2 aliphatic rings. The first-order valence-corrected chi connectivity index (χ1v) is 12.1. The molecule has 34 heavy (non-hydrogen) atoms. The third kappa shape index (κ3) is 4.60. The minimum Gasteiger partial charge on any atom is -0.491 e. The Kier molecular flexibility index (Phi) is 6.18. The molecular formula is C23H24FN5O4S. The number of thiazole rings is 1. The minimum atomic E-state index is -0.551. The highest BCUT2D eigenvalue weighted by atomic mass is 32.1. The fraction of sp³-hybridized carbons (Fsp3) is 0.391. The molecule has 11 heteroatoms. The van der Waals surface area contributed by atoms with Crippen LogP contribution < -0.4 is 15.4 Å². The van der Waals surface area contributed by atoms with E-state index in [0.29, 0.717) is 18.5 Å². The number of hydrogen-bond donors (Lipinski definition) is 2. The van der Waals surface area contributed by atoms with Crippen LogP contribution in [0.1, 0.15) is 35.3 Å². The Labute approximate surface area is 198 Å². The van der Waals surface area contributed by atoms with Crippen LogP contribution in [0.5, 0.6) is 5.75 Å².